The Hall–Kier alpha value is -2.50. The van der Waals surface area contributed by atoms with Crippen LogP contribution in [0.15, 0.2) is 48.7 Å². The third-order valence-corrected chi connectivity index (χ3v) is 4.93. The van der Waals surface area contributed by atoms with E-state index in [0.29, 0.717) is 22.2 Å². The van der Waals surface area contributed by atoms with Crippen LogP contribution in [0.3, 0.4) is 0 Å². The molecule has 0 saturated heterocycles. The zero-order valence-electron chi connectivity index (χ0n) is 15.3. The van der Waals surface area contributed by atoms with Crippen molar-refractivity contribution in [2.45, 2.75) is 32.3 Å². The second kappa shape index (κ2) is 9.13. The number of carbonyl (C=O) groups is 2. The minimum Gasteiger partial charge on any atom is -0.453 e. The van der Waals surface area contributed by atoms with E-state index >= 15 is 0 Å². The van der Waals surface area contributed by atoms with Gasteiger partial charge in [0.1, 0.15) is 0 Å². The molecule has 1 atom stereocenters. The second-order valence-electron chi connectivity index (χ2n) is 6.46. The van der Waals surface area contributed by atoms with Crippen LogP contribution in [0.2, 0.25) is 10.0 Å². The summed E-state index contributed by atoms with van der Waals surface area (Å²) in [5, 5.41) is 4.58. The maximum Gasteiger partial charge on any atom is 0.306 e. The van der Waals surface area contributed by atoms with Crippen molar-refractivity contribution in [2.24, 2.45) is 0 Å². The lowest BCUT2D eigenvalue weighted by Gasteiger charge is -2.14. The first-order chi connectivity index (χ1) is 13.4. The number of benzene rings is 2. The van der Waals surface area contributed by atoms with Gasteiger partial charge in [-0.25, -0.2) is 0 Å². The van der Waals surface area contributed by atoms with Crippen LogP contribution in [0.4, 0.5) is 5.69 Å². The Kier molecular flexibility index (Phi) is 6.60. The summed E-state index contributed by atoms with van der Waals surface area (Å²) in [4.78, 5) is 27.5. The number of esters is 1. The molecule has 0 aliphatic rings. The molecule has 3 aromatic rings. The lowest BCUT2D eigenvalue weighted by molar-refractivity contribution is -0.153. The minimum atomic E-state index is -0.935. The molecule has 0 unspecified atom stereocenters. The molecule has 5 nitrogen and oxygen atoms in total. The molecule has 0 fully saturated rings. The average Bonchev–Trinajstić information content (AvgIpc) is 3.08. The molecule has 7 heteroatoms. The zero-order chi connectivity index (χ0) is 20.1. The van der Waals surface area contributed by atoms with E-state index in [1.807, 2.05) is 30.5 Å². The molecular weight excluding hydrogens is 399 g/mol. The monoisotopic (exact) mass is 418 g/mol. The molecule has 0 bridgehead atoms. The maximum atomic E-state index is 12.2. The highest BCUT2D eigenvalue weighted by Gasteiger charge is 2.19. The van der Waals surface area contributed by atoms with Gasteiger partial charge in [-0.3, -0.25) is 9.59 Å². The summed E-state index contributed by atoms with van der Waals surface area (Å²) in [5.74, 6) is -0.881. The van der Waals surface area contributed by atoms with Gasteiger partial charge in [-0.1, -0.05) is 41.4 Å². The first-order valence-electron chi connectivity index (χ1n) is 8.94. The van der Waals surface area contributed by atoms with E-state index in [1.54, 1.807) is 12.1 Å². The van der Waals surface area contributed by atoms with Crippen molar-refractivity contribution in [3.05, 3.63) is 64.3 Å². The van der Waals surface area contributed by atoms with Gasteiger partial charge in [0.25, 0.3) is 5.91 Å². The van der Waals surface area contributed by atoms with Gasteiger partial charge in [-0.15, -0.1) is 0 Å². The SMILES string of the molecule is C[C@H](OC(=O)CCCc1c[nH]c2ccccc12)C(=O)Nc1cc(Cl)ccc1Cl. The van der Waals surface area contributed by atoms with Crippen LogP contribution in [0.5, 0.6) is 0 Å². The fourth-order valence-corrected chi connectivity index (χ4v) is 3.24. The van der Waals surface area contributed by atoms with Crippen LogP contribution in [-0.2, 0) is 20.7 Å². The Balaban J connectivity index is 1.47. The smallest absolute Gasteiger partial charge is 0.306 e. The van der Waals surface area contributed by atoms with Gasteiger partial charge in [-0.2, -0.15) is 0 Å². The number of aryl methyl sites for hydroxylation is 1. The van der Waals surface area contributed by atoms with Crippen molar-refractivity contribution in [3.63, 3.8) is 0 Å². The lowest BCUT2D eigenvalue weighted by Crippen LogP contribution is -2.30. The van der Waals surface area contributed by atoms with E-state index in [0.717, 1.165) is 22.9 Å². The summed E-state index contributed by atoms with van der Waals surface area (Å²) >= 11 is 11.9. The van der Waals surface area contributed by atoms with Crippen molar-refractivity contribution >= 4 is 51.7 Å². The van der Waals surface area contributed by atoms with Crippen LogP contribution in [-0.4, -0.2) is 23.0 Å². The number of aromatic amines is 1. The quantitative estimate of drug-likeness (QED) is 0.506. The number of nitrogens with one attached hydrogen (secondary N) is 2. The normalized spacial score (nSPS) is 12.0. The second-order valence-corrected chi connectivity index (χ2v) is 7.30. The molecule has 1 aromatic heterocycles. The number of rotatable bonds is 7. The Labute approximate surface area is 173 Å². The average molecular weight is 419 g/mol. The number of amides is 1. The maximum absolute atomic E-state index is 12.2. The standard InChI is InChI=1S/C21H20Cl2N2O3/c1-13(21(27)25-19-11-15(22)9-10-17(19)23)28-20(26)8-4-5-14-12-24-18-7-3-2-6-16(14)18/h2-3,6-7,9-13,24H,4-5,8H2,1H3,(H,25,27)/t13-/m0/s1. The van der Waals surface area contributed by atoms with Crippen LogP contribution in [0.1, 0.15) is 25.3 Å². The van der Waals surface area contributed by atoms with Gasteiger partial charge in [-0.05, 0) is 49.6 Å². The van der Waals surface area contributed by atoms with E-state index in [-0.39, 0.29) is 6.42 Å². The largest absolute Gasteiger partial charge is 0.453 e. The van der Waals surface area contributed by atoms with Crippen LogP contribution in [0.25, 0.3) is 10.9 Å². The van der Waals surface area contributed by atoms with Gasteiger partial charge in [0, 0.05) is 28.5 Å². The number of halogens is 2. The molecule has 0 radical (unpaired) electrons. The Bertz CT molecular complexity index is 1000. The van der Waals surface area contributed by atoms with Crippen LogP contribution >= 0.6 is 23.2 Å². The summed E-state index contributed by atoms with van der Waals surface area (Å²) in [7, 11) is 0. The summed E-state index contributed by atoms with van der Waals surface area (Å²) < 4.78 is 5.23. The number of hydrogen-bond donors (Lipinski definition) is 2. The summed E-state index contributed by atoms with van der Waals surface area (Å²) in [5.41, 5.74) is 2.61. The van der Waals surface area contributed by atoms with Gasteiger partial charge in [0.15, 0.2) is 6.10 Å². The van der Waals surface area contributed by atoms with E-state index in [1.165, 1.54) is 13.0 Å². The van der Waals surface area contributed by atoms with Crippen molar-refractivity contribution in [3.8, 4) is 0 Å². The summed E-state index contributed by atoms with van der Waals surface area (Å²) in [6, 6.07) is 12.8. The fourth-order valence-electron chi connectivity index (χ4n) is 2.90. The predicted octanol–water partition coefficient (Wildman–Crippen LogP) is 5.37. The fraction of sp³-hybridized carbons (Fsp3) is 0.238. The number of hydrogen-bond acceptors (Lipinski definition) is 3. The molecular formula is C21H20Cl2N2O3. The molecule has 0 spiro atoms. The number of para-hydroxylation sites is 1. The molecule has 146 valence electrons. The molecule has 2 aromatic carbocycles. The third-order valence-electron chi connectivity index (χ3n) is 4.37. The first-order valence-corrected chi connectivity index (χ1v) is 9.70. The van der Waals surface area contributed by atoms with E-state index < -0.39 is 18.0 Å². The van der Waals surface area contributed by atoms with Crippen molar-refractivity contribution < 1.29 is 14.3 Å². The van der Waals surface area contributed by atoms with Gasteiger partial charge < -0.3 is 15.0 Å². The zero-order valence-corrected chi connectivity index (χ0v) is 16.8. The lowest BCUT2D eigenvalue weighted by atomic mass is 10.1. The van der Waals surface area contributed by atoms with Crippen molar-refractivity contribution in [1.82, 2.24) is 4.98 Å². The molecule has 0 saturated carbocycles. The Morgan fingerprint density at radius 3 is 2.79 bits per heavy atom. The number of anilines is 1. The Morgan fingerprint density at radius 1 is 1.18 bits per heavy atom. The molecule has 2 N–H and O–H groups in total. The molecule has 0 aliphatic heterocycles. The van der Waals surface area contributed by atoms with Crippen LogP contribution in [0, 0.1) is 0 Å². The number of fused-ring (bicyclic) bond motifs is 1. The highest BCUT2D eigenvalue weighted by atomic mass is 35.5. The van der Waals surface area contributed by atoms with Gasteiger partial charge >= 0.3 is 5.97 Å². The van der Waals surface area contributed by atoms with Crippen molar-refractivity contribution in [1.29, 1.82) is 0 Å². The highest BCUT2D eigenvalue weighted by molar-refractivity contribution is 6.35. The number of carbonyl (C=O) groups excluding carboxylic acids is 2. The highest BCUT2D eigenvalue weighted by Crippen LogP contribution is 2.25. The Morgan fingerprint density at radius 2 is 1.96 bits per heavy atom. The number of aromatic nitrogens is 1. The molecule has 1 amide bonds. The van der Waals surface area contributed by atoms with Gasteiger partial charge in [0.2, 0.25) is 0 Å². The molecule has 28 heavy (non-hydrogen) atoms. The molecule has 3 rings (SSSR count). The van der Waals surface area contributed by atoms with E-state index in [2.05, 4.69) is 10.3 Å². The van der Waals surface area contributed by atoms with E-state index in [4.69, 9.17) is 27.9 Å². The van der Waals surface area contributed by atoms with Crippen LogP contribution < -0.4 is 5.32 Å². The third kappa shape index (κ3) is 5.06. The molecule has 0 aliphatic carbocycles. The number of H-pyrrole nitrogens is 1. The number of ether oxygens (including phenoxy) is 1. The topological polar surface area (TPSA) is 71.2 Å². The van der Waals surface area contributed by atoms with Gasteiger partial charge in [0.05, 0.1) is 10.7 Å². The summed E-state index contributed by atoms with van der Waals surface area (Å²) in [6.07, 6.45) is 2.64. The first kappa shape index (κ1) is 20.2. The summed E-state index contributed by atoms with van der Waals surface area (Å²) in [6.45, 7) is 1.52. The van der Waals surface area contributed by atoms with E-state index in [9.17, 15) is 9.59 Å². The minimum absolute atomic E-state index is 0.231. The molecule has 1 heterocycles. The van der Waals surface area contributed by atoms with Crippen molar-refractivity contribution in [2.75, 3.05) is 5.32 Å². The predicted molar refractivity (Wildman–Crippen MR) is 112 cm³/mol.